The van der Waals surface area contributed by atoms with E-state index in [0.29, 0.717) is 22.4 Å². The first-order valence-electron chi connectivity index (χ1n) is 4.64. The molecule has 2 N–H and O–H groups in total. The van der Waals surface area contributed by atoms with Gasteiger partial charge in [-0.15, -0.1) is 0 Å². The molecule has 1 aromatic heterocycles. The Kier molecular flexibility index (Phi) is 2.92. The third kappa shape index (κ3) is 1.92. The van der Waals surface area contributed by atoms with Gasteiger partial charge in [-0.3, -0.25) is 0 Å². The van der Waals surface area contributed by atoms with E-state index in [2.05, 4.69) is 9.97 Å². The zero-order valence-electron chi connectivity index (χ0n) is 8.64. The molecule has 0 unspecified atom stereocenters. The number of nitrogens with zero attached hydrogens (tertiary/aromatic N) is 2. The highest BCUT2D eigenvalue weighted by molar-refractivity contribution is 6.33. The van der Waals surface area contributed by atoms with Crippen LogP contribution in [0.25, 0.3) is 11.4 Å². The van der Waals surface area contributed by atoms with Gasteiger partial charge in [-0.2, -0.15) is 4.98 Å². The standard InChI is InChI=1S/C11H10ClN3O/c1-16-11-9(13)6-14-10(15-11)7-4-2-3-5-8(7)12/h2-6H,13H2,1H3. The lowest BCUT2D eigenvalue weighted by atomic mass is 10.2. The Balaban J connectivity index is 2.53. The van der Waals surface area contributed by atoms with Crippen molar-refractivity contribution in [3.05, 3.63) is 35.5 Å². The topological polar surface area (TPSA) is 61.0 Å². The first kappa shape index (κ1) is 10.7. The Morgan fingerprint density at radius 1 is 1.31 bits per heavy atom. The molecule has 0 saturated heterocycles. The van der Waals surface area contributed by atoms with Crippen molar-refractivity contribution in [1.82, 2.24) is 9.97 Å². The molecule has 0 bridgehead atoms. The number of hydrogen-bond donors (Lipinski definition) is 1. The molecule has 0 saturated carbocycles. The molecule has 4 nitrogen and oxygen atoms in total. The van der Waals surface area contributed by atoms with Crippen molar-refractivity contribution in [1.29, 1.82) is 0 Å². The Morgan fingerprint density at radius 2 is 2.06 bits per heavy atom. The first-order chi connectivity index (χ1) is 7.72. The molecule has 2 aromatic rings. The van der Waals surface area contributed by atoms with Gasteiger partial charge in [0.25, 0.3) is 0 Å². The molecule has 0 aliphatic heterocycles. The fraction of sp³-hybridized carbons (Fsp3) is 0.0909. The zero-order valence-corrected chi connectivity index (χ0v) is 9.40. The predicted molar refractivity (Wildman–Crippen MR) is 63.4 cm³/mol. The molecule has 5 heteroatoms. The van der Waals surface area contributed by atoms with E-state index in [1.807, 2.05) is 18.2 Å². The second-order valence-electron chi connectivity index (χ2n) is 3.14. The van der Waals surface area contributed by atoms with E-state index >= 15 is 0 Å². The van der Waals surface area contributed by atoms with Gasteiger partial charge in [0.15, 0.2) is 5.82 Å². The fourth-order valence-corrected chi connectivity index (χ4v) is 1.53. The zero-order chi connectivity index (χ0) is 11.5. The fourth-order valence-electron chi connectivity index (χ4n) is 1.31. The van der Waals surface area contributed by atoms with Gasteiger partial charge in [0.05, 0.1) is 18.3 Å². The number of rotatable bonds is 2. The van der Waals surface area contributed by atoms with Gasteiger partial charge in [0.1, 0.15) is 5.69 Å². The summed E-state index contributed by atoms with van der Waals surface area (Å²) in [6, 6.07) is 7.34. The summed E-state index contributed by atoms with van der Waals surface area (Å²) in [5, 5.41) is 0.592. The Bertz CT molecular complexity index is 516. The average molecular weight is 236 g/mol. The van der Waals surface area contributed by atoms with Crippen LogP contribution in [0.1, 0.15) is 0 Å². The highest BCUT2D eigenvalue weighted by atomic mass is 35.5. The first-order valence-corrected chi connectivity index (χ1v) is 5.01. The van der Waals surface area contributed by atoms with Gasteiger partial charge < -0.3 is 10.5 Å². The number of methoxy groups -OCH3 is 1. The van der Waals surface area contributed by atoms with Crippen LogP contribution < -0.4 is 10.5 Å². The highest BCUT2D eigenvalue weighted by Crippen LogP contribution is 2.27. The van der Waals surface area contributed by atoms with Crippen molar-refractivity contribution in [2.45, 2.75) is 0 Å². The van der Waals surface area contributed by atoms with Crippen molar-refractivity contribution >= 4 is 17.3 Å². The summed E-state index contributed by atoms with van der Waals surface area (Å²) in [5.41, 5.74) is 6.79. The lowest BCUT2D eigenvalue weighted by Gasteiger charge is -2.06. The summed E-state index contributed by atoms with van der Waals surface area (Å²) in [6.07, 6.45) is 1.50. The van der Waals surface area contributed by atoms with Crippen LogP contribution in [-0.4, -0.2) is 17.1 Å². The minimum atomic E-state index is 0.352. The van der Waals surface area contributed by atoms with Crippen LogP contribution in [0.4, 0.5) is 5.69 Å². The maximum Gasteiger partial charge on any atom is 0.240 e. The van der Waals surface area contributed by atoms with E-state index in [9.17, 15) is 0 Å². The maximum absolute atomic E-state index is 6.04. The maximum atomic E-state index is 6.04. The lowest BCUT2D eigenvalue weighted by molar-refractivity contribution is 0.400. The summed E-state index contributed by atoms with van der Waals surface area (Å²) in [6.45, 7) is 0. The molecule has 0 aliphatic carbocycles. The molecule has 0 amide bonds. The van der Waals surface area contributed by atoms with Crippen molar-refractivity contribution in [2.24, 2.45) is 0 Å². The van der Waals surface area contributed by atoms with E-state index in [4.69, 9.17) is 22.1 Å². The SMILES string of the molecule is COc1nc(-c2ccccc2Cl)ncc1N. The minimum Gasteiger partial charge on any atom is -0.479 e. The van der Waals surface area contributed by atoms with Crippen LogP contribution in [0.5, 0.6) is 5.88 Å². The summed E-state index contributed by atoms with van der Waals surface area (Å²) >= 11 is 6.04. The molecule has 16 heavy (non-hydrogen) atoms. The van der Waals surface area contributed by atoms with E-state index < -0.39 is 0 Å². The van der Waals surface area contributed by atoms with Crippen molar-refractivity contribution < 1.29 is 4.74 Å². The molecule has 0 spiro atoms. The molecule has 0 aliphatic rings. The third-order valence-electron chi connectivity index (χ3n) is 2.09. The Labute approximate surface area is 98.0 Å². The number of hydrogen-bond acceptors (Lipinski definition) is 4. The van der Waals surface area contributed by atoms with Gasteiger partial charge in [0, 0.05) is 5.56 Å². The summed E-state index contributed by atoms with van der Waals surface area (Å²) in [4.78, 5) is 8.30. The Morgan fingerprint density at radius 3 is 2.75 bits per heavy atom. The van der Waals surface area contributed by atoms with Crippen molar-refractivity contribution in [2.75, 3.05) is 12.8 Å². The van der Waals surface area contributed by atoms with Gasteiger partial charge in [-0.1, -0.05) is 23.7 Å². The van der Waals surface area contributed by atoms with Gasteiger partial charge in [-0.05, 0) is 12.1 Å². The molecule has 0 fully saturated rings. The molecule has 2 rings (SSSR count). The summed E-state index contributed by atoms with van der Waals surface area (Å²) < 4.78 is 5.03. The van der Waals surface area contributed by atoms with Crippen LogP contribution in [0.3, 0.4) is 0 Å². The summed E-state index contributed by atoms with van der Waals surface area (Å²) in [5.74, 6) is 0.849. The van der Waals surface area contributed by atoms with Gasteiger partial charge in [-0.25, -0.2) is 4.98 Å². The van der Waals surface area contributed by atoms with E-state index in [0.717, 1.165) is 5.56 Å². The number of benzene rings is 1. The second-order valence-corrected chi connectivity index (χ2v) is 3.55. The smallest absolute Gasteiger partial charge is 0.240 e. The second kappa shape index (κ2) is 4.37. The quantitative estimate of drug-likeness (QED) is 0.868. The molecule has 0 radical (unpaired) electrons. The van der Waals surface area contributed by atoms with E-state index in [1.54, 1.807) is 6.07 Å². The number of ether oxygens (including phenoxy) is 1. The van der Waals surface area contributed by atoms with E-state index in [1.165, 1.54) is 13.3 Å². The number of nitrogens with two attached hydrogens (primary N) is 1. The van der Waals surface area contributed by atoms with Crippen LogP contribution in [-0.2, 0) is 0 Å². The van der Waals surface area contributed by atoms with Gasteiger partial charge >= 0.3 is 0 Å². The molecular formula is C11H10ClN3O. The normalized spacial score (nSPS) is 10.1. The molecule has 0 atom stereocenters. The monoisotopic (exact) mass is 235 g/mol. The van der Waals surface area contributed by atoms with Crippen LogP contribution in [0.15, 0.2) is 30.5 Å². The number of nitrogen functional groups attached to an aromatic ring is 1. The molecule has 1 aromatic carbocycles. The predicted octanol–water partition coefficient (Wildman–Crippen LogP) is 2.39. The third-order valence-corrected chi connectivity index (χ3v) is 2.42. The molecular weight excluding hydrogens is 226 g/mol. The number of anilines is 1. The largest absolute Gasteiger partial charge is 0.479 e. The van der Waals surface area contributed by atoms with Crippen molar-refractivity contribution in [3.8, 4) is 17.3 Å². The molecule has 1 heterocycles. The van der Waals surface area contributed by atoms with Gasteiger partial charge in [0.2, 0.25) is 5.88 Å². The molecule has 82 valence electrons. The van der Waals surface area contributed by atoms with Crippen LogP contribution in [0, 0.1) is 0 Å². The van der Waals surface area contributed by atoms with E-state index in [-0.39, 0.29) is 0 Å². The highest BCUT2D eigenvalue weighted by Gasteiger charge is 2.09. The minimum absolute atomic E-state index is 0.352. The van der Waals surface area contributed by atoms with Crippen molar-refractivity contribution in [3.63, 3.8) is 0 Å². The number of aromatic nitrogens is 2. The Hall–Kier alpha value is -1.81. The summed E-state index contributed by atoms with van der Waals surface area (Å²) in [7, 11) is 1.51. The average Bonchev–Trinajstić information content (AvgIpc) is 2.31. The lowest BCUT2D eigenvalue weighted by Crippen LogP contribution is -1.99. The number of halogens is 1. The van der Waals surface area contributed by atoms with Crippen LogP contribution in [0.2, 0.25) is 5.02 Å². The van der Waals surface area contributed by atoms with Crippen LogP contribution >= 0.6 is 11.6 Å².